The van der Waals surface area contributed by atoms with E-state index in [1.54, 1.807) is 23.0 Å². The minimum Gasteiger partial charge on any atom is -0.302 e. The van der Waals surface area contributed by atoms with Crippen LogP contribution in [0.25, 0.3) is 5.65 Å². The number of nitrogens with zero attached hydrogens (tertiary/aromatic N) is 5. The van der Waals surface area contributed by atoms with Crippen molar-refractivity contribution in [1.82, 2.24) is 24.4 Å². The molecule has 31 heavy (non-hydrogen) atoms. The van der Waals surface area contributed by atoms with Gasteiger partial charge in [-0.25, -0.2) is 9.50 Å². The number of rotatable bonds is 5. The van der Waals surface area contributed by atoms with E-state index in [9.17, 15) is 13.6 Å². The van der Waals surface area contributed by atoms with Crippen molar-refractivity contribution in [2.75, 3.05) is 5.32 Å². The Labute approximate surface area is 189 Å². The molecule has 0 aliphatic carbocycles. The van der Waals surface area contributed by atoms with E-state index in [1.807, 2.05) is 12.1 Å². The summed E-state index contributed by atoms with van der Waals surface area (Å²) in [7, 11) is 0. The molecule has 0 aliphatic rings. The molecule has 0 spiro atoms. The summed E-state index contributed by atoms with van der Waals surface area (Å²) in [4.78, 5) is 16.7. The van der Waals surface area contributed by atoms with Crippen molar-refractivity contribution in [2.24, 2.45) is 0 Å². The first-order valence-electron chi connectivity index (χ1n) is 8.83. The monoisotopic (exact) mass is 484 g/mol. The number of nitrogens with one attached hydrogen (secondary N) is 1. The summed E-state index contributed by atoms with van der Waals surface area (Å²) in [6.45, 7) is 1.93. The molecule has 3 heterocycles. The van der Waals surface area contributed by atoms with Gasteiger partial charge in [-0.2, -0.15) is 19.0 Å². The van der Waals surface area contributed by atoms with Crippen molar-refractivity contribution in [3.63, 3.8) is 0 Å². The van der Waals surface area contributed by atoms with Crippen LogP contribution >= 0.6 is 34.8 Å². The van der Waals surface area contributed by atoms with Gasteiger partial charge in [0.25, 0.3) is 5.91 Å². The molecule has 0 aliphatic heterocycles. The van der Waals surface area contributed by atoms with Gasteiger partial charge in [-0.15, -0.1) is 0 Å². The molecule has 160 valence electrons. The third-order valence-electron chi connectivity index (χ3n) is 4.29. The van der Waals surface area contributed by atoms with Gasteiger partial charge in [0.1, 0.15) is 10.7 Å². The highest BCUT2D eigenvalue weighted by atomic mass is 35.5. The average Bonchev–Trinajstić information content (AvgIpc) is 3.25. The Kier molecular flexibility index (Phi) is 5.59. The van der Waals surface area contributed by atoms with Crippen molar-refractivity contribution in [1.29, 1.82) is 0 Å². The first-order valence-corrected chi connectivity index (χ1v) is 9.97. The molecule has 4 rings (SSSR count). The van der Waals surface area contributed by atoms with Gasteiger partial charge >= 0.3 is 5.38 Å². The number of carbonyl (C=O) groups excluding carboxylic acids is 1. The first-order chi connectivity index (χ1) is 14.6. The number of hydrogen-bond donors (Lipinski definition) is 1. The molecule has 0 fully saturated rings. The highest BCUT2D eigenvalue weighted by Gasteiger charge is 2.32. The topological polar surface area (TPSA) is 77.1 Å². The van der Waals surface area contributed by atoms with Crippen LogP contribution in [0.1, 0.15) is 27.4 Å². The number of amides is 1. The van der Waals surface area contributed by atoms with Crippen LogP contribution in [0.4, 0.5) is 14.6 Å². The number of aryl methyl sites for hydroxylation is 1. The fourth-order valence-electron chi connectivity index (χ4n) is 2.92. The lowest BCUT2D eigenvalue weighted by molar-refractivity contribution is 0.0868. The molecular weight excluding hydrogens is 473 g/mol. The lowest BCUT2D eigenvalue weighted by atomic mass is 10.2. The highest BCUT2D eigenvalue weighted by molar-refractivity contribution is 6.33. The summed E-state index contributed by atoms with van der Waals surface area (Å²) in [5, 5.41) is 7.82. The number of hydrogen-bond acceptors (Lipinski definition) is 4. The quantitative estimate of drug-likeness (QED) is 0.398. The second-order valence-corrected chi connectivity index (χ2v) is 8.00. The number of alkyl halides is 3. The molecule has 1 N–H and O–H groups in total. The zero-order valence-electron chi connectivity index (χ0n) is 15.8. The van der Waals surface area contributed by atoms with Crippen LogP contribution in [0.15, 0.2) is 42.6 Å². The second-order valence-electron chi connectivity index (χ2n) is 6.68. The lowest BCUT2D eigenvalue weighted by Crippen LogP contribution is -2.15. The SMILES string of the molecule is Cc1cc(C(F)(F)Cl)n2nc(C(=O)Nc3nn(Cc4ccc(Cl)cc4)cc3Cl)cc2n1. The molecule has 0 radical (unpaired) electrons. The molecule has 1 aromatic carbocycles. The summed E-state index contributed by atoms with van der Waals surface area (Å²) >= 11 is 17.2. The average molecular weight is 486 g/mol. The van der Waals surface area contributed by atoms with E-state index in [1.165, 1.54) is 13.0 Å². The van der Waals surface area contributed by atoms with Crippen LogP contribution in [-0.2, 0) is 11.9 Å². The Morgan fingerprint density at radius 2 is 1.87 bits per heavy atom. The van der Waals surface area contributed by atoms with Gasteiger partial charge in [0.05, 0.1) is 6.54 Å². The van der Waals surface area contributed by atoms with E-state index in [2.05, 4.69) is 20.5 Å². The van der Waals surface area contributed by atoms with E-state index in [0.717, 1.165) is 16.1 Å². The van der Waals surface area contributed by atoms with Crippen molar-refractivity contribution in [3.05, 3.63) is 75.3 Å². The van der Waals surface area contributed by atoms with Crippen molar-refractivity contribution in [3.8, 4) is 0 Å². The Balaban J connectivity index is 1.58. The van der Waals surface area contributed by atoms with E-state index in [4.69, 9.17) is 34.8 Å². The van der Waals surface area contributed by atoms with Crippen molar-refractivity contribution in [2.45, 2.75) is 18.9 Å². The lowest BCUT2D eigenvalue weighted by Gasteiger charge is -2.10. The number of fused-ring (bicyclic) bond motifs is 1. The third-order valence-corrected chi connectivity index (χ3v) is 5.01. The van der Waals surface area contributed by atoms with Crippen LogP contribution in [-0.4, -0.2) is 30.3 Å². The van der Waals surface area contributed by atoms with Gasteiger partial charge in [0.15, 0.2) is 17.2 Å². The first kappa shape index (κ1) is 21.5. The smallest absolute Gasteiger partial charge is 0.302 e. The molecule has 0 saturated heterocycles. The summed E-state index contributed by atoms with van der Waals surface area (Å²) in [5.74, 6) is -0.588. The number of benzene rings is 1. The maximum absolute atomic E-state index is 13.7. The summed E-state index contributed by atoms with van der Waals surface area (Å²) < 4.78 is 29.8. The van der Waals surface area contributed by atoms with E-state index in [-0.39, 0.29) is 22.2 Å². The number of aromatic nitrogens is 5. The predicted molar refractivity (Wildman–Crippen MR) is 113 cm³/mol. The van der Waals surface area contributed by atoms with Crippen LogP contribution < -0.4 is 5.32 Å². The number of halogens is 5. The Morgan fingerprint density at radius 1 is 1.16 bits per heavy atom. The molecule has 3 aromatic heterocycles. The van der Waals surface area contributed by atoms with Gasteiger partial charge in [0.2, 0.25) is 0 Å². The summed E-state index contributed by atoms with van der Waals surface area (Å²) in [5.41, 5.74) is 0.542. The molecular formula is C19H13Cl3F2N6O. The standard InChI is InChI=1S/C19H13Cl3F2N6O/c1-10-6-15(19(22,23)24)30-16(25-10)7-14(27-30)18(31)26-17-13(21)9-29(28-17)8-11-2-4-12(20)5-3-11/h2-7,9H,8H2,1H3,(H,26,28,31). The molecule has 4 aromatic rings. The number of carbonyl (C=O) groups is 1. The fourth-order valence-corrected chi connectivity index (χ4v) is 3.38. The maximum Gasteiger partial charge on any atom is 0.364 e. The van der Waals surface area contributed by atoms with Crippen LogP contribution in [0, 0.1) is 6.92 Å². The maximum atomic E-state index is 13.7. The fraction of sp³-hybridized carbons (Fsp3) is 0.158. The van der Waals surface area contributed by atoms with Gasteiger partial charge in [-0.1, -0.05) is 35.3 Å². The van der Waals surface area contributed by atoms with E-state index < -0.39 is 17.0 Å². The Morgan fingerprint density at radius 3 is 2.55 bits per heavy atom. The van der Waals surface area contributed by atoms with Gasteiger partial charge in [-0.3, -0.25) is 9.48 Å². The molecule has 0 bridgehead atoms. The van der Waals surface area contributed by atoms with Gasteiger partial charge < -0.3 is 5.32 Å². The molecule has 0 unspecified atom stereocenters. The third kappa shape index (κ3) is 4.63. The van der Waals surface area contributed by atoms with Crippen LogP contribution in [0.3, 0.4) is 0 Å². The van der Waals surface area contributed by atoms with E-state index >= 15 is 0 Å². The summed E-state index contributed by atoms with van der Waals surface area (Å²) in [6.07, 6.45) is 1.55. The van der Waals surface area contributed by atoms with Gasteiger partial charge in [0, 0.05) is 23.0 Å². The van der Waals surface area contributed by atoms with Gasteiger partial charge in [-0.05, 0) is 42.3 Å². The predicted octanol–water partition coefficient (Wildman–Crippen LogP) is 5.13. The molecule has 1 amide bonds. The normalized spacial score (nSPS) is 11.8. The van der Waals surface area contributed by atoms with Crippen LogP contribution in [0.2, 0.25) is 10.0 Å². The Bertz CT molecular complexity index is 1280. The van der Waals surface area contributed by atoms with E-state index in [0.29, 0.717) is 17.3 Å². The molecule has 0 saturated carbocycles. The molecule has 12 heteroatoms. The Hall–Kier alpha value is -2.75. The molecule has 7 nitrogen and oxygen atoms in total. The van der Waals surface area contributed by atoms with Crippen molar-refractivity contribution < 1.29 is 13.6 Å². The van der Waals surface area contributed by atoms with Crippen molar-refractivity contribution >= 4 is 52.2 Å². The molecule has 0 atom stereocenters. The minimum atomic E-state index is -3.69. The minimum absolute atomic E-state index is 0.0554. The number of anilines is 1. The zero-order valence-corrected chi connectivity index (χ0v) is 18.1. The zero-order chi connectivity index (χ0) is 22.3. The second kappa shape index (κ2) is 8.07. The highest BCUT2D eigenvalue weighted by Crippen LogP contribution is 2.32. The summed E-state index contributed by atoms with van der Waals surface area (Å²) in [6, 6.07) is 9.56. The largest absolute Gasteiger partial charge is 0.364 e. The van der Waals surface area contributed by atoms with Crippen LogP contribution in [0.5, 0.6) is 0 Å².